The molecule has 3 heteroatoms. The fourth-order valence-electron chi connectivity index (χ4n) is 8.02. The average molecular weight is 778 g/mol. The van der Waals surface area contributed by atoms with Crippen LogP contribution < -0.4 is 0 Å². The number of benzene rings is 4. The first-order valence-electron chi connectivity index (χ1n) is 19.9. The number of hydrogen-bond donors (Lipinski definition) is 0. The van der Waals surface area contributed by atoms with Crippen LogP contribution in [0.2, 0.25) is 6.55 Å². The second kappa shape index (κ2) is 14.6. The van der Waals surface area contributed by atoms with Crippen molar-refractivity contribution in [1.82, 2.24) is 0 Å². The third-order valence-corrected chi connectivity index (χ3v) is 14.3. The second-order valence-corrected chi connectivity index (χ2v) is 28.5. The van der Waals surface area contributed by atoms with Crippen molar-refractivity contribution in [2.45, 2.75) is 151 Å². The number of fused-ring (bicyclic) bond motifs is 2. The second-order valence-electron chi connectivity index (χ2n) is 20.7. The van der Waals surface area contributed by atoms with Crippen molar-refractivity contribution in [3.8, 4) is 22.3 Å². The van der Waals surface area contributed by atoms with Gasteiger partial charge in [0.1, 0.15) is 0 Å². The molecular formula is C51H66Cl2Si. The molecule has 2 aliphatic carbocycles. The molecule has 1 unspecified atom stereocenters. The maximum Gasteiger partial charge on any atom is 0.259 e. The summed E-state index contributed by atoms with van der Waals surface area (Å²) in [6.45, 7) is 36.0. The van der Waals surface area contributed by atoms with E-state index < -0.39 is 6.69 Å². The average Bonchev–Trinajstić information content (AvgIpc) is 3.56. The molecular weight excluding hydrogens is 712 g/mol. The summed E-state index contributed by atoms with van der Waals surface area (Å²) >= 11 is 13.5. The van der Waals surface area contributed by atoms with Crippen LogP contribution in [0, 0.1) is 13.8 Å². The van der Waals surface area contributed by atoms with Gasteiger partial charge in [-0.3, -0.25) is 0 Å². The highest BCUT2D eigenvalue weighted by molar-refractivity contribution is 7.45. The van der Waals surface area contributed by atoms with Gasteiger partial charge >= 0.3 is 0 Å². The largest absolute Gasteiger partial charge is 0.259 e. The zero-order chi connectivity index (χ0) is 40.5. The molecule has 0 fully saturated rings. The van der Waals surface area contributed by atoms with Gasteiger partial charge in [0.2, 0.25) is 0 Å². The first-order chi connectivity index (χ1) is 24.5. The molecule has 2 aliphatic rings. The summed E-state index contributed by atoms with van der Waals surface area (Å²) in [6, 6.07) is 23.7. The lowest BCUT2D eigenvalue weighted by Gasteiger charge is -2.27. The standard InChI is InChI=1S/C26H34Cl2Si.C25H32/c1-16-10-21(22-12-17(2)24(23(22)11-16)29(9,27)28)18-13-19(25(3,4)5)15-20(14-18)26(6,7)8;1-16-9-18-10-17(2)12-23(22(18)11-16)19-13-20(24(3,4)5)15-21(14-19)25(6,7)8/h10-15,24H,1-9H3;9-10,12-15H,11H2,1-8H3. The summed E-state index contributed by atoms with van der Waals surface area (Å²) in [7, 11) is 0. The molecule has 0 nitrogen and oxygen atoms in total. The van der Waals surface area contributed by atoms with Gasteiger partial charge in [0, 0.05) is 5.54 Å². The van der Waals surface area contributed by atoms with Gasteiger partial charge in [0.15, 0.2) is 0 Å². The van der Waals surface area contributed by atoms with Gasteiger partial charge in [-0.15, -0.1) is 22.2 Å². The predicted molar refractivity (Wildman–Crippen MR) is 245 cm³/mol. The predicted octanol–water partition coefficient (Wildman–Crippen LogP) is 16.1. The molecule has 0 N–H and O–H groups in total. The van der Waals surface area contributed by atoms with E-state index in [4.69, 9.17) is 22.2 Å². The fraction of sp³-hybridized carbons (Fsp3) is 0.451. The van der Waals surface area contributed by atoms with Crippen LogP contribution in [0.15, 0.2) is 71.8 Å². The van der Waals surface area contributed by atoms with E-state index in [9.17, 15) is 0 Å². The minimum Gasteiger partial charge on any atom is -0.145 e. The van der Waals surface area contributed by atoms with Crippen LogP contribution in [0.1, 0.15) is 158 Å². The Morgan fingerprint density at radius 2 is 0.926 bits per heavy atom. The van der Waals surface area contributed by atoms with Crippen LogP contribution in [-0.4, -0.2) is 6.69 Å². The Balaban J connectivity index is 0.000000210. The van der Waals surface area contributed by atoms with Crippen LogP contribution in [0.5, 0.6) is 0 Å². The molecule has 0 saturated carbocycles. The molecule has 0 aliphatic heterocycles. The fourth-order valence-corrected chi connectivity index (χ4v) is 11.4. The van der Waals surface area contributed by atoms with Crippen LogP contribution in [-0.2, 0) is 28.1 Å². The maximum absolute atomic E-state index is 6.75. The lowest BCUT2D eigenvalue weighted by atomic mass is 9.78. The highest BCUT2D eigenvalue weighted by Crippen LogP contribution is 2.49. The SMILES string of the molecule is CC1=Cc2c(-c3cc(C(C)(C)C)cc(C(C)(C)C)c3)cc(C)cc2C1[Si](C)(Cl)Cl.CC1=Cc2cc(C)cc(-c3cc(C(C)(C)C)cc(C(C)(C)C)c3)c2C1. The Hall–Kier alpha value is -2.84. The number of aryl methyl sites for hydroxylation is 2. The van der Waals surface area contributed by atoms with E-state index in [2.05, 4.69) is 184 Å². The third kappa shape index (κ3) is 9.23. The first-order valence-corrected chi connectivity index (χ1v) is 24.5. The van der Waals surface area contributed by atoms with E-state index >= 15 is 0 Å². The number of allylic oxidation sites excluding steroid dienone is 2. The summed E-state index contributed by atoms with van der Waals surface area (Å²) in [5.74, 6) is 0. The zero-order valence-corrected chi connectivity index (χ0v) is 39.0. The van der Waals surface area contributed by atoms with Crippen LogP contribution in [0.4, 0.5) is 0 Å². The zero-order valence-electron chi connectivity index (χ0n) is 36.5. The topological polar surface area (TPSA) is 0 Å². The molecule has 288 valence electrons. The quantitative estimate of drug-likeness (QED) is 0.144. The normalized spacial score (nSPS) is 16.0. The highest BCUT2D eigenvalue weighted by atomic mass is 35.7. The Bertz CT molecular complexity index is 2080. The van der Waals surface area contributed by atoms with Crippen LogP contribution >= 0.6 is 22.2 Å². The van der Waals surface area contributed by atoms with Crippen molar-refractivity contribution in [2.24, 2.45) is 0 Å². The highest BCUT2D eigenvalue weighted by Gasteiger charge is 2.40. The van der Waals surface area contributed by atoms with E-state index in [0.717, 1.165) is 6.42 Å². The Kier molecular flexibility index (Phi) is 11.4. The maximum atomic E-state index is 6.75. The van der Waals surface area contributed by atoms with Gasteiger partial charge in [-0.2, -0.15) is 0 Å². The van der Waals surface area contributed by atoms with Gasteiger partial charge in [-0.05, 0) is 135 Å². The van der Waals surface area contributed by atoms with Gasteiger partial charge in [0.25, 0.3) is 6.69 Å². The molecule has 1 atom stereocenters. The Morgan fingerprint density at radius 1 is 0.519 bits per heavy atom. The number of rotatable bonds is 3. The molecule has 0 aromatic heterocycles. The molecule has 0 radical (unpaired) electrons. The summed E-state index contributed by atoms with van der Waals surface area (Å²) in [5, 5.41) is 0. The molecule has 0 amide bonds. The van der Waals surface area contributed by atoms with Gasteiger partial charge in [-0.1, -0.05) is 173 Å². The van der Waals surface area contributed by atoms with E-state index in [-0.39, 0.29) is 27.2 Å². The molecule has 0 spiro atoms. The molecule has 6 rings (SSSR count). The van der Waals surface area contributed by atoms with E-state index in [1.807, 2.05) is 6.55 Å². The van der Waals surface area contributed by atoms with Crippen LogP contribution in [0.3, 0.4) is 0 Å². The van der Waals surface area contributed by atoms with E-state index in [0.29, 0.717) is 0 Å². The Labute approximate surface area is 339 Å². The first kappa shape index (κ1) is 42.3. The lowest BCUT2D eigenvalue weighted by Crippen LogP contribution is -2.25. The number of halogens is 2. The van der Waals surface area contributed by atoms with E-state index in [1.54, 1.807) is 0 Å². The summed E-state index contributed by atoms with van der Waals surface area (Å²) in [6.07, 6.45) is 5.74. The third-order valence-electron chi connectivity index (χ3n) is 11.2. The molecule has 0 saturated heterocycles. The minimum atomic E-state index is -2.39. The molecule has 4 aromatic rings. The van der Waals surface area contributed by atoms with Crippen molar-refractivity contribution in [3.63, 3.8) is 0 Å². The Morgan fingerprint density at radius 3 is 1.35 bits per heavy atom. The lowest BCUT2D eigenvalue weighted by molar-refractivity contribution is 0.568. The molecule has 54 heavy (non-hydrogen) atoms. The van der Waals surface area contributed by atoms with Crippen molar-refractivity contribution in [3.05, 3.63) is 127 Å². The van der Waals surface area contributed by atoms with Crippen molar-refractivity contribution < 1.29 is 0 Å². The summed E-state index contributed by atoms with van der Waals surface area (Å²) in [4.78, 5) is 0. The molecule has 0 bridgehead atoms. The van der Waals surface area contributed by atoms with Crippen LogP contribution in [0.25, 0.3) is 34.4 Å². The van der Waals surface area contributed by atoms with Gasteiger partial charge < -0.3 is 0 Å². The van der Waals surface area contributed by atoms with Crippen molar-refractivity contribution >= 4 is 41.0 Å². The van der Waals surface area contributed by atoms with Crippen molar-refractivity contribution in [1.29, 1.82) is 0 Å². The van der Waals surface area contributed by atoms with Crippen molar-refractivity contribution in [2.75, 3.05) is 0 Å². The molecule has 4 aromatic carbocycles. The van der Waals surface area contributed by atoms with Gasteiger partial charge in [0.05, 0.1) is 0 Å². The van der Waals surface area contributed by atoms with Gasteiger partial charge in [-0.25, -0.2) is 0 Å². The smallest absolute Gasteiger partial charge is 0.145 e. The molecule has 0 heterocycles. The number of hydrogen-bond acceptors (Lipinski definition) is 0. The monoisotopic (exact) mass is 776 g/mol. The summed E-state index contributed by atoms with van der Waals surface area (Å²) < 4.78 is 0. The summed E-state index contributed by atoms with van der Waals surface area (Å²) in [5.41, 5.74) is 22.5. The minimum absolute atomic E-state index is 0.0923. The van der Waals surface area contributed by atoms with E-state index in [1.165, 1.54) is 89.0 Å².